The first-order valence-electron chi connectivity index (χ1n) is 19.2. The van der Waals surface area contributed by atoms with E-state index in [0.29, 0.717) is 24.7 Å². The van der Waals surface area contributed by atoms with Crippen molar-refractivity contribution in [1.82, 2.24) is 25.5 Å². The fourth-order valence-electron chi connectivity index (χ4n) is 5.87. The molecular weight excluding hydrogens is 722 g/mol. The topological polar surface area (TPSA) is 181 Å². The summed E-state index contributed by atoms with van der Waals surface area (Å²) in [4.78, 5) is 97.3. The molecule has 15 nitrogen and oxygen atoms in total. The summed E-state index contributed by atoms with van der Waals surface area (Å²) < 4.78 is 11.1. The minimum absolute atomic E-state index is 0.0279. The molecule has 0 saturated heterocycles. The fraction of sp³-hybridized carbons (Fsp3) is 0.683. The number of hydroxylamine groups is 2. The minimum Gasteiger partial charge on any atom is -0.460 e. The van der Waals surface area contributed by atoms with Crippen LogP contribution in [0.3, 0.4) is 0 Å². The highest BCUT2D eigenvalue weighted by molar-refractivity contribution is 5.94. The first-order chi connectivity index (χ1) is 25.8. The van der Waals surface area contributed by atoms with Crippen LogP contribution in [0.2, 0.25) is 0 Å². The van der Waals surface area contributed by atoms with Gasteiger partial charge in [-0.2, -0.15) is 0 Å². The lowest BCUT2D eigenvalue weighted by Gasteiger charge is -2.41. The highest BCUT2D eigenvalue weighted by atomic mass is 16.7. The Hall–Kier alpha value is -4.53. The van der Waals surface area contributed by atoms with Gasteiger partial charge < -0.3 is 29.8 Å². The third kappa shape index (κ3) is 17.5. The average molecular weight is 790 g/mol. The van der Waals surface area contributed by atoms with E-state index >= 15 is 0 Å². The summed E-state index contributed by atoms with van der Waals surface area (Å²) in [7, 11) is 4.51. The Morgan fingerprint density at radius 1 is 0.911 bits per heavy atom. The zero-order valence-corrected chi connectivity index (χ0v) is 35.9. The van der Waals surface area contributed by atoms with Gasteiger partial charge in [0.15, 0.2) is 0 Å². The molecular formula is C41H67N5O10. The van der Waals surface area contributed by atoms with Crippen LogP contribution >= 0.6 is 0 Å². The minimum atomic E-state index is -1.02. The van der Waals surface area contributed by atoms with E-state index in [9.17, 15) is 33.6 Å². The first kappa shape index (κ1) is 49.5. The molecule has 15 heteroatoms. The number of ether oxygens (including phenoxy) is 2. The molecule has 0 radical (unpaired) electrons. The number of nitrogens with one attached hydrogen (secondary N) is 2. The zero-order valence-electron chi connectivity index (χ0n) is 35.9. The number of carbonyl (C=O) groups is 7. The maximum atomic E-state index is 14.0. The molecule has 0 spiro atoms. The molecule has 0 fully saturated rings. The number of hydrogen-bond donors (Lipinski definition) is 2. The molecule has 0 aromatic carbocycles. The summed E-state index contributed by atoms with van der Waals surface area (Å²) in [6.45, 7) is 17.5. The van der Waals surface area contributed by atoms with E-state index in [1.807, 2.05) is 32.1 Å². The van der Waals surface area contributed by atoms with Gasteiger partial charge in [-0.3, -0.25) is 33.7 Å². The standard InChI is InChI=1S/C41H67N5O10/c1-28(35(50)43-31(27-33(49)55-39(3,4)5)21-18-26-54-46(13)32(48)22-17-25-47)23-24-44(11)37(52)29(2)42-36(51)34(45(12)38(53)56-40(6,7)8)41(9,10)30-19-15-14-16-20-30/h15,19-20,23,25,29,31,34H,14,16-18,21-22,24,26-27H2,1-13H3,(H,42,51)(H,43,50)/b28-23+. The van der Waals surface area contributed by atoms with Gasteiger partial charge in [-0.15, -0.1) is 0 Å². The van der Waals surface area contributed by atoms with E-state index in [1.54, 1.807) is 68.5 Å². The smallest absolute Gasteiger partial charge is 0.410 e. The number of aldehydes is 1. The lowest BCUT2D eigenvalue weighted by atomic mass is 9.74. The van der Waals surface area contributed by atoms with Crippen molar-refractivity contribution in [2.24, 2.45) is 5.41 Å². The lowest BCUT2D eigenvalue weighted by molar-refractivity contribution is -0.178. The largest absolute Gasteiger partial charge is 0.460 e. The van der Waals surface area contributed by atoms with Gasteiger partial charge in [0.05, 0.1) is 13.0 Å². The van der Waals surface area contributed by atoms with E-state index in [1.165, 1.54) is 23.9 Å². The van der Waals surface area contributed by atoms with Crippen molar-refractivity contribution in [3.63, 3.8) is 0 Å². The molecule has 316 valence electrons. The second-order valence-electron chi connectivity index (χ2n) is 16.7. The quantitative estimate of drug-likeness (QED) is 0.0572. The number of esters is 1. The van der Waals surface area contributed by atoms with Crippen molar-refractivity contribution in [1.29, 1.82) is 0 Å². The predicted molar refractivity (Wildman–Crippen MR) is 213 cm³/mol. The van der Waals surface area contributed by atoms with Crippen LogP contribution in [0, 0.1) is 5.41 Å². The van der Waals surface area contributed by atoms with Crippen molar-refractivity contribution in [3.05, 3.63) is 35.5 Å². The maximum Gasteiger partial charge on any atom is 0.410 e. The van der Waals surface area contributed by atoms with Gasteiger partial charge in [0.2, 0.25) is 23.6 Å². The van der Waals surface area contributed by atoms with Crippen LogP contribution in [-0.4, -0.2) is 120 Å². The highest BCUT2D eigenvalue weighted by Gasteiger charge is 2.44. The Labute approximate surface area is 333 Å². The maximum absolute atomic E-state index is 14.0. The number of carbonyl (C=O) groups excluding carboxylic acids is 7. The fourth-order valence-corrected chi connectivity index (χ4v) is 5.87. The van der Waals surface area contributed by atoms with Gasteiger partial charge in [-0.1, -0.05) is 38.2 Å². The third-order valence-corrected chi connectivity index (χ3v) is 8.85. The summed E-state index contributed by atoms with van der Waals surface area (Å²) in [5.41, 5.74) is -1.17. The molecule has 0 aliphatic heterocycles. The van der Waals surface area contributed by atoms with Crippen molar-refractivity contribution in [2.45, 2.75) is 144 Å². The van der Waals surface area contributed by atoms with Crippen LogP contribution < -0.4 is 10.6 Å². The van der Waals surface area contributed by atoms with E-state index in [0.717, 1.165) is 23.5 Å². The van der Waals surface area contributed by atoms with E-state index < -0.39 is 64.5 Å². The Balaban J connectivity index is 3.03. The van der Waals surface area contributed by atoms with Crippen LogP contribution in [0.25, 0.3) is 0 Å². The number of likely N-dealkylation sites (N-methyl/N-ethyl adjacent to an activating group) is 2. The van der Waals surface area contributed by atoms with Gasteiger partial charge in [0.25, 0.3) is 0 Å². The predicted octanol–water partition coefficient (Wildman–Crippen LogP) is 4.80. The highest BCUT2D eigenvalue weighted by Crippen LogP contribution is 2.37. The van der Waals surface area contributed by atoms with E-state index in [2.05, 4.69) is 10.6 Å². The Morgan fingerprint density at radius 2 is 1.54 bits per heavy atom. The molecule has 0 bridgehead atoms. The number of allylic oxidation sites excluding steroid dienone is 3. The Morgan fingerprint density at radius 3 is 2.09 bits per heavy atom. The van der Waals surface area contributed by atoms with E-state index in [4.69, 9.17) is 14.3 Å². The molecule has 0 aromatic heterocycles. The average Bonchev–Trinajstić information content (AvgIpc) is 3.09. The molecule has 0 saturated carbocycles. The van der Waals surface area contributed by atoms with Crippen molar-refractivity contribution >= 4 is 42.0 Å². The molecule has 0 heterocycles. The molecule has 2 N–H and O–H groups in total. The monoisotopic (exact) mass is 789 g/mol. The van der Waals surface area contributed by atoms with Gasteiger partial charge in [0, 0.05) is 57.6 Å². The van der Waals surface area contributed by atoms with E-state index in [-0.39, 0.29) is 38.3 Å². The van der Waals surface area contributed by atoms with Gasteiger partial charge in [0.1, 0.15) is 29.6 Å². The number of amides is 5. The second-order valence-corrected chi connectivity index (χ2v) is 16.7. The molecule has 3 atom stereocenters. The molecule has 5 amide bonds. The summed E-state index contributed by atoms with van der Waals surface area (Å²) in [6, 6.07) is -2.61. The molecule has 1 aliphatic carbocycles. The second kappa shape index (κ2) is 22.3. The summed E-state index contributed by atoms with van der Waals surface area (Å²) in [6.07, 6.45) is 10.0. The normalized spacial score (nSPS) is 15.0. The third-order valence-electron chi connectivity index (χ3n) is 8.85. The Kier molecular flexibility index (Phi) is 19.7. The van der Waals surface area contributed by atoms with Crippen LogP contribution in [0.5, 0.6) is 0 Å². The summed E-state index contributed by atoms with van der Waals surface area (Å²) in [5.74, 6) is -2.25. The molecule has 1 aliphatic rings. The molecule has 1 rings (SSSR count). The van der Waals surface area contributed by atoms with Crippen LogP contribution in [0.1, 0.15) is 114 Å². The number of rotatable bonds is 20. The zero-order chi connectivity index (χ0) is 43.0. The lowest BCUT2D eigenvalue weighted by Crippen LogP contribution is -2.59. The molecule has 56 heavy (non-hydrogen) atoms. The van der Waals surface area contributed by atoms with Crippen molar-refractivity contribution < 1.29 is 47.9 Å². The molecule has 3 unspecified atom stereocenters. The van der Waals surface area contributed by atoms with Crippen LogP contribution in [0.15, 0.2) is 35.5 Å². The van der Waals surface area contributed by atoms with Gasteiger partial charge in [-0.05, 0) is 86.6 Å². The van der Waals surface area contributed by atoms with Crippen LogP contribution in [0.4, 0.5) is 4.79 Å². The first-order valence-corrected chi connectivity index (χ1v) is 19.2. The van der Waals surface area contributed by atoms with Crippen molar-refractivity contribution in [2.75, 3.05) is 34.3 Å². The van der Waals surface area contributed by atoms with Gasteiger partial charge in [-0.25, -0.2) is 9.86 Å². The summed E-state index contributed by atoms with van der Waals surface area (Å²) in [5, 5.41) is 6.73. The summed E-state index contributed by atoms with van der Waals surface area (Å²) >= 11 is 0. The Bertz CT molecular complexity index is 1490. The van der Waals surface area contributed by atoms with Crippen molar-refractivity contribution in [3.8, 4) is 0 Å². The van der Waals surface area contributed by atoms with Gasteiger partial charge >= 0.3 is 12.1 Å². The number of nitrogens with zero attached hydrogens (tertiary/aromatic N) is 3. The SMILES string of the molecule is C/C(=C\CN(C)C(=O)C(C)NC(=O)C(N(C)C(=O)OC(C)(C)C)C(C)(C)C1=CCCC=C1)C(=O)NC(CCCON(C)C(=O)CCC=O)CC(=O)OC(C)(C)C. The molecule has 0 aromatic rings. The number of hydrogen-bond acceptors (Lipinski definition) is 10. The van der Waals surface area contributed by atoms with Crippen LogP contribution in [-0.2, 0) is 43.1 Å².